The smallest absolute Gasteiger partial charge is 0.139 e. The number of halogens is 1. The number of hydrogen-bond donors (Lipinski definition) is 0. The largest absolute Gasteiger partial charge is 0.359 e. The van der Waals surface area contributed by atoms with E-state index in [1.807, 2.05) is 13.0 Å². The average molecular weight is 233 g/mol. The van der Waals surface area contributed by atoms with E-state index in [1.165, 1.54) is 18.5 Å². The molecule has 0 unspecified atom stereocenters. The van der Waals surface area contributed by atoms with Crippen molar-refractivity contribution in [1.29, 1.82) is 0 Å². The third-order valence-corrected chi connectivity index (χ3v) is 3.16. The fourth-order valence-corrected chi connectivity index (χ4v) is 2.15. The van der Waals surface area contributed by atoms with Gasteiger partial charge >= 0.3 is 0 Å². The van der Waals surface area contributed by atoms with Crippen LogP contribution in [0.3, 0.4) is 0 Å². The number of nitrogens with zero attached hydrogens (tertiary/aromatic N) is 3. The highest BCUT2D eigenvalue weighted by atomic mass is 19.1. The molecule has 2 aromatic rings. The van der Waals surface area contributed by atoms with Crippen LogP contribution in [0.15, 0.2) is 36.9 Å². The van der Waals surface area contributed by atoms with Crippen LogP contribution in [0, 0.1) is 5.82 Å². The van der Waals surface area contributed by atoms with E-state index in [2.05, 4.69) is 10.1 Å². The number of rotatable bonds is 3. The molecule has 4 nitrogen and oxygen atoms in total. The van der Waals surface area contributed by atoms with Gasteiger partial charge in [-0.15, -0.1) is 0 Å². The van der Waals surface area contributed by atoms with E-state index in [0.29, 0.717) is 6.54 Å². The second-order valence-corrected chi connectivity index (χ2v) is 4.25. The SMILES string of the molecule is C[C@@H]1O[C@@]1(Cn1cncn1)c1cccc(F)c1. The van der Waals surface area contributed by atoms with Crippen LogP contribution in [-0.2, 0) is 16.9 Å². The molecule has 0 N–H and O–H groups in total. The average Bonchev–Trinajstić information content (AvgIpc) is 2.75. The Bertz CT molecular complexity index is 528. The lowest BCUT2D eigenvalue weighted by atomic mass is 9.96. The maximum absolute atomic E-state index is 13.2. The Kier molecular flexibility index (Phi) is 2.22. The molecule has 0 bridgehead atoms. The van der Waals surface area contributed by atoms with E-state index < -0.39 is 5.60 Å². The maximum Gasteiger partial charge on any atom is 0.139 e. The van der Waals surface area contributed by atoms with Crippen LogP contribution >= 0.6 is 0 Å². The van der Waals surface area contributed by atoms with Crippen LogP contribution in [-0.4, -0.2) is 20.9 Å². The van der Waals surface area contributed by atoms with Gasteiger partial charge in [-0.3, -0.25) is 0 Å². The molecule has 1 fully saturated rings. The topological polar surface area (TPSA) is 43.2 Å². The predicted molar refractivity (Wildman–Crippen MR) is 58.6 cm³/mol. The summed E-state index contributed by atoms with van der Waals surface area (Å²) >= 11 is 0. The van der Waals surface area contributed by atoms with Crippen molar-refractivity contribution < 1.29 is 9.13 Å². The molecule has 1 aliphatic rings. The highest BCUT2D eigenvalue weighted by molar-refractivity contribution is 5.29. The molecule has 0 radical (unpaired) electrons. The number of hydrogen-bond acceptors (Lipinski definition) is 3. The Morgan fingerprint density at radius 2 is 2.35 bits per heavy atom. The van der Waals surface area contributed by atoms with E-state index in [-0.39, 0.29) is 11.9 Å². The monoisotopic (exact) mass is 233 g/mol. The molecule has 2 atom stereocenters. The van der Waals surface area contributed by atoms with E-state index in [1.54, 1.807) is 17.1 Å². The minimum absolute atomic E-state index is 0.0634. The summed E-state index contributed by atoms with van der Waals surface area (Å²) in [6.45, 7) is 2.53. The molecule has 5 heteroatoms. The summed E-state index contributed by atoms with van der Waals surface area (Å²) in [5.41, 5.74) is 0.385. The summed E-state index contributed by atoms with van der Waals surface area (Å²) in [6.07, 6.45) is 3.18. The van der Waals surface area contributed by atoms with E-state index in [9.17, 15) is 4.39 Å². The second-order valence-electron chi connectivity index (χ2n) is 4.25. The van der Waals surface area contributed by atoms with E-state index in [0.717, 1.165) is 5.56 Å². The molecule has 0 saturated carbocycles. The van der Waals surface area contributed by atoms with Gasteiger partial charge in [-0.25, -0.2) is 14.1 Å². The predicted octanol–water partition coefficient (Wildman–Crippen LogP) is 1.73. The summed E-state index contributed by atoms with van der Waals surface area (Å²) in [4.78, 5) is 3.89. The van der Waals surface area contributed by atoms with Crippen LogP contribution in [0.25, 0.3) is 0 Å². The fourth-order valence-electron chi connectivity index (χ4n) is 2.15. The summed E-state index contributed by atoms with van der Waals surface area (Å²) in [6, 6.07) is 6.52. The van der Waals surface area contributed by atoms with Gasteiger partial charge < -0.3 is 4.74 Å². The molecule has 1 aromatic carbocycles. The molecule has 0 amide bonds. The van der Waals surface area contributed by atoms with Crippen molar-refractivity contribution in [3.05, 3.63) is 48.3 Å². The van der Waals surface area contributed by atoms with Crippen molar-refractivity contribution in [2.75, 3.05) is 0 Å². The molecule has 0 spiro atoms. The van der Waals surface area contributed by atoms with Crippen LogP contribution in [0.1, 0.15) is 12.5 Å². The normalized spacial score (nSPS) is 27.1. The molecule has 3 rings (SSSR count). The first kappa shape index (κ1) is 10.4. The quantitative estimate of drug-likeness (QED) is 0.758. The van der Waals surface area contributed by atoms with Gasteiger partial charge in [-0.05, 0) is 24.6 Å². The molecule has 1 aromatic heterocycles. The van der Waals surface area contributed by atoms with Gasteiger partial charge in [-0.2, -0.15) is 5.10 Å². The Labute approximate surface area is 98.0 Å². The van der Waals surface area contributed by atoms with Gasteiger partial charge in [0.1, 0.15) is 24.1 Å². The molecule has 1 saturated heterocycles. The standard InChI is InChI=1S/C12H12FN3O/c1-9-12(17-9,6-16-8-14-7-15-16)10-3-2-4-11(13)5-10/h2-5,7-9H,6H2,1H3/t9-,12+/m0/s1. The number of aromatic nitrogens is 3. The van der Waals surface area contributed by atoms with Gasteiger partial charge in [0.05, 0.1) is 12.6 Å². The third kappa shape index (κ3) is 1.72. The van der Waals surface area contributed by atoms with Crippen molar-refractivity contribution in [1.82, 2.24) is 14.8 Å². The van der Waals surface area contributed by atoms with Gasteiger partial charge in [-0.1, -0.05) is 12.1 Å². The van der Waals surface area contributed by atoms with Gasteiger partial charge in [0.25, 0.3) is 0 Å². The van der Waals surface area contributed by atoms with Crippen LogP contribution in [0.5, 0.6) is 0 Å². The number of ether oxygens (including phenoxy) is 1. The zero-order valence-electron chi connectivity index (χ0n) is 9.38. The van der Waals surface area contributed by atoms with Crippen molar-refractivity contribution in [3.8, 4) is 0 Å². The van der Waals surface area contributed by atoms with E-state index in [4.69, 9.17) is 4.74 Å². The lowest BCUT2D eigenvalue weighted by Gasteiger charge is -2.12. The zero-order chi connectivity index (χ0) is 11.9. The molecule has 1 aliphatic heterocycles. The van der Waals surface area contributed by atoms with Crippen molar-refractivity contribution in [2.24, 2.45) is 0 Å². The highest BCUT2D eigenvalue weighted by Gasteiger charge is 2.55. The minimum Gasteiger partial charge on any atom is -0.359 e. The first-order chi connectivity index (χ1) is 8.21. The maximum atomic E-state index is 13.2. The van der Waals surface area contributed by atoms with Gasteiger partial charge in [0.15, 0.2) is 0 Å². The zero-order valence-corrected chi connectivity index (χ0v) is 9.38. The van der Waals surface area contributed by atoms with Gasteiger partial charge in [0, 0.05) is 0 Å². The fraction of sp³-hybridized carbons (Fsp3) is 0.333. The first-order valence-electron chi connectivity index (χ1n) is 5.47. The molecular weight excluding hydrogens is 221 g/mol. The van der Waals surface area contributed by atoms with Crippen LogP contribution in [0.2, 0.25) is 0 Å². The Morgan fingerprint density at radius 1 is 1.53 bits per heavy atom. The molecule has 88 valence electrons. The highest BCUT2D eigenvalue weighted by Crippen LogP contribution is 2.47. The first-order valence-corrected chi connectivity index (χ1v) is 5.47. The minimum atomic E-state index is -0.463. The van der Waals surface area contributed by atoms with Gasteiger partial charge in [0.2, 0.25) is 0 Å². The summed E-state index contributed by atoms with van der Waals surface area (Å²) in [7, 11) is 0. The van der Waals surface area contributed by atoms with Crippen LogP contribution in [0.4, 0.5) is 4.39 Å². The molecular formula is C12H12FN3O. The number of benzene rings is 1. The summed E-state index contributed by atoms with van der Waals surface area (Å²) < 4.78 is 20.6. The molecule has 17 heavy (non-hydrogen) atoms. The van der Waals surface area contributed by atoms with Crippen molar-refractivity contribution in [2.45, 2.75) is 25.2 Å². The van der Waals surface area contributed by atoms with Crippen LogP contribution < -0.4 is 0 Å². The van der Waals surface area contributed by atoms with E-state index >= 15 is 0 Å². The number of epoxide rings is 1. The van der Waals surface area contributed by atoms with Crippen molar-refractivity contribution >= 4 is 0 Å². The molecule has 0 aliphatic carbocycles. The summed E-state index contributed by atoms with van der Waals surface area (Å²) in [5, 5.41) is 4.06. The Hall–Kier alpha value is -1.75. The lowest BCUT2D eigenvalue weighted by molar-refractivity contribution is 0.263. The third-order valence-electron chi connectivity index (χ3n) is 3.16. The Morgan fingerprint density at radius 3 is 2.94 bits per heavy atom. The Balaban J connectivity index is 1.93. The molecule has 2 heterocycles. The van der Waals surface area contributed by atoms with Crippen molar-refractivity contribution in [3.63, 3.8) is 0 Å². The summed E-state index contributed by atoms with van der Waals surface area (Å²) in [5.74, 6) is -0.247. The lowest BCUT2D eigenvalue weighted by Crippen LogP contribution is -2.20. The second kappa shape index (κ2) is 3.63.